The lowest BCUT2D eigenvalue weighted by Gasteiger charge is -2.14. The van der Waals surface area contributed by atoms with Crippen LogP contribution in [0.3, 0.4) is 0 Å². The lowest BCUT2D eigenvalue weighted by atomic mass is 10.4. The Morgan fingerprint density at radius 3 is 2.72 bits per heavy atom. The molecule has 1 aromatic heterocycles. The molecule has 0 spiro atoms. The van der Waals surface area contributed by atoms with Crippen LogP contribution in [0.25, 0.3) is 0 Å². The van der Waals surface area contributed by atoms with E-state index in [4.69, 9.17) is 14.9 Å². The molecule has 102 valence electrons. The summed E-state index contributed by atoms with van der Waals surface area (Å²) in [6, 6.07) is 0.298. The Balaban J connectivity index is 2.88. The van der Waals surface area contributed by atoms with Crippen molar-refractivity contribution in [3.63, 3.8) is 0 Å². The zero-order valence-corrected chi connectivity index (χ0v) is 11.1. The van der Waals surface area contributed by atoms with Crippen molar-refractivity contribution < 1.29 is 28.2 Å². The molecule has 7 nitrogen and oxygen atoms in total. The summed E-state index contributed by atoms with van der Waals surface area (Å²) >= 11 is 0.802. The molecule has 18 heavy (non-hydrogen) atoms. The fourth-order valence-corrected chi connectivity index (χ4v) is 3.55. The summed E-state index contributed by atoms with van der Waals surface area (Å²) in [5, 5.41) is 18.9. The van der Waals surface area contributed by atoms with Crippen molar-refractivity contribution in [2.75, 3.05) is 20.3 Å². The van der Waals surface area contributed by atoms with Crippen LogP contribution < -0.4 is 4.72 Å². The Kier molecular flexibility index (Phi) is 5.23. The molecule has 1 aromatic rings. The lowest BCUT2D eigenvalue weighted by Crippen LogP contribution is -2.40. The number of hydrogen-bond acceptors (Lipinski definition) is 6. The van der Waals surface area contributed by atoms with Crippen LogP contribution in [-0.4, -0.2) is 51.0 Å². The molecule has 9 heteroatoms. The molecular formula is C9H13NO6S2. The van der Waals surface area contributed by atoms with Crippen LogP contribution in [0, 0.1) is 0 Å². The summed E-state index contributed by atoms with van der Waals surface area (Å²) < 4.78 is 30.6. The minimum atomic E-state index is -3.84. The Morgan fingerprint density at radius 1 is 1.61 bits per heavy atom. The predicted molar refractivity (Wildman–Crippen MR) is 64.3 cm³/mol. The van der Waals surface area contributed by atoms with Crippen molar-refractivity contribution in [1.29, 1.82) is 0 Å². The first-order chi connectivity index (χ1) is 8.40. The third kappa shape index (κ3) is 3.75. The number of aromatic carboxylic acids is 1. The highest BCUT2D eigenvalue weighted by Crippen LogP contribution is 2.20. The maximum absolute atomic E-state index is 11.9. The van der Waals surface area contributed by atoms with E-state index < -0.39 is 28.6 Å². The van der Waals surface area contributed by atoms with E-state index in [0.29, 0.717) is 0 Å². The van der Waals surface area contributed by atoms with Crippen molar-refractivity contribution in [1.82, 2.24) is 4.72 Å². The molecule has 0 saturated heterocycles. The summed E-state index contributed by atoms with van der Waals surface area (Å²) in [5.41, 5.74) is -0.0901. The van der Waals surface area contributed by atoms with Crippen LogP contribution in [0.1, 0.15) is 10.4 Å². The smallest absolute Gasteiger partial charge is 0.336 e. The summed E-state index contributed by atoms with van der Waals surface area (Å²) in [5.74, 6) is -1.19. The molecule has 0 bridgehead atoms. The lowest BCUT2D eigenvalue weighted by molar-refractivity contribution is 0.0697. The maximum Gasteiger partial charge on any atom is 0.336 e. The normalized spacial score (nSPS) is 13.4. The van der Waals surface area contributed by atoms with Gasteiger partial charge >= 0.3 is 5.97 Å². The SMILES string of the molecule is COCC(CO)NS(=O)(=O)c1cc(C(=O)O)cs1. The topological polar surface area (TPSA) is 113 Å². The Hall–Kier alpha value is -1.00. The number of aliphatic hydroxyl groups excluding tert-OH is 1. The van der Waals surface area contributed by atoms with Gasteiger partial charge in [-0.25, -0.2) is 17.9 Å². The van der Waals surface area contributed by atoms with Crippen LogP contribution in [0.5, 0.6) is 0 Å². The molecule has 1 heterocycles. The van der Waals surface area contributed by atoms with E-state index in [0.717, 1.165) is 17.4 Å². The highest BCUT2D eigenvalue weighted by Gasteiger charge is 2.22. The Bertz CT molecular complexity index is 509. The van der Waals surface area contributed by atoms with Crippen LogP contribution in [0.4, 0.5) is 0 Å². The highest BCUT2D eigenvalue weighted by atomic mass is 32.2. The van der Waals surface area contributed by atoms with Crippen molar-refractivity contribution >= 4 is 27.3 Å². The first kappa shape index (κ1) is 15.1. The third-order valence-electron chi connectivity index (χ3n) is 2.00. The quantitative estimate of drug-likeness (QED) is 0.638. The molecule has 1 unspecified atom stereocenters. The summed E-state index contributed by atoms with van der Waals surface area (Å²) in [4.78, 5) is 10.7. The van der Waals surface area contributed by atoms with Crippen molar-refractivity contribution in [3.8, 4) is 0 Å². The van der Waals surface area contributed by atoms with Gasteiger partial charge < -0.3 is 14.9 Å². The number of carbonyl (C=O) groups is 1. The largest absolute Gasteiger partial charge is 0.478 e. The molecule has 0 aliphatic rings. The number of sulfonamides is 1. The summed E-state index contributed by atoms with van der Waals surface area (Å²) in [6.45, 7) is -0.392. The fraction of sp³-hybridized carbons (Fsp3) is 0.444. The number of hydrogen-bond donors (Lipinski definition) is 3. The maximum atomic E-state index is 11.9. The van der Waals surface area contributed by atoms with Gasteiger partial charge in [0.15, 0.2) is 0 Å². The zero-order chi connectivity index (χ0) is 13.8. The average Bonchev–Trinajstić information content (AvgIpc) is 2.78. The molecule has 0 amide bonds. The number of methoxy groups -OCH3 is 1. The average molecular weight is 295 g/mol. The van der Waals surface area contributed by atoms with Crippen LogP contribution in [-0.2, 0) is 14.8 Å². The van der Waals surface area contributed by atoms with Gasteiger partial charge in [0.25, 0.3) is 0 Å². The van der Waals surface area contributed by atoms with Crippen molar-refractivity contribution in [2.45, 2.75) is 10.3 Å². The first-order valence-electron chi connectivity index (χ1n) is 4.84. The minimum Gasteiger partial charge on any atom is -0.478 e. The molecule has 0 saturated carbocycles. The van der Waals surface area contributed by atoms with Gasteiger partial charge in [-0.3, -0.25) is 0 Å². The number of nitrogens with one attached hydrogen (secondary N) is 1. The van der Waals surface area contributed by atoms with E-state index in [2.05, 4.69) is 4.72 Å². The molecule has 0 radical (unpaired) electrons. The number of ether oxygens (including phenoxy) is 1. The number of rotatable bonds is 7. The fourth-order valence-electron chi connectivity index (χ4n) is 1.17. The number of aliphatic hydroxyl groups is 1. The molecule has 0 aromatic carbocycles. The third-order valence-corrected chi connectivity index (χ3v) is 4.96. The van der Waals surface area contributed by atoms with Gasteiger partial charge in [0.2, 0.25) is 10.0 Å². The van der Waals surface area contributed by atoms with E-state index in [-0.39, 0.29) is 16.4 Å². The number of thiophene rings is 1. The molecule has 1 atom stereocenters. The monoisotopic (exact) mass is 295 g/mol. The molecule has 0 aliphatic carbocycles. The van der Waals surface area contributed by atoms with Crippen molar-refractivity contribution in [2.24, 2.45) is 0 Å². The summed E-state index contributed by atoms with van der Waals surface area (Å²) in [6.07, 6.45) is 0. The molecule has 1 rings (SSSR count). The summed E-state index contributed by atoms with van der Waals surface area (Å²) in [7, 11) is -2.46. The molecular weight excluding hydrogens is 282 g/mol. The van der Waals surface area contributed by atoms with E-state index in [1.165, 1.54) is 12.5 Å². The predicted octanol–water partition coefficient (Wildman–Crippen LogP) is -0.268. The standard InChI is InChI=1S/C9H13NO6S2/c1-16-4-7(3-11)10-18(14,15)8-2-6(5-17-8)9(12)13/h2,5,7,10-11H,3-4H2,1H3,(H,12,13). The van der Waals surface area contributed by atoms with Gasteiger partial charge in [0, 0.05) is 12.5 Å². The Morgan fingerprint density at radius 2 is 2.28 bits per heavy atom. The second-order valence-electron chi connectivity index (χ2n) is 3.42. The van der Waals surface area contributed by atoms with Gasteiger partial charge in [-0.1, -0.05) is 0 Å². The van der Waals surface area contributed by atoms with Gasteiger partial charge in [-0.2, -0.15) is 0 Å². The van der Waals surface area contributed by atoms with E-state index in [1.54, 1.807) is 0 Å². The minimum absolute atomic E-state index is 0.0207. The number of carboxylic acids is 1. The van der Waals surface area contributed by atoms with Crippen molar-refractivity contribution in [3.05, 3.63) is 17.0 Å². The Labute approximate surface area is 108 Å². The van der Waals surface area contributed by atoms with Crippen LogP contribution in [0.2, 0.25) is 0 Å². The first-order valence-corrected chi connectivity index (χ1v) is 7.21. The number of carboxylic acid groups (broad SMARTS) is 1. The van der Waals surface area contributed by atoms with Crippen LogP contribution in [0.15, 0.2) is 15.7 Å². The molecule has 0 fully saturated rings. The van der Waals surface area contributed by atoms with Gasteiger partial charge in [-0.15, -0.1) is 11.3 Å². The molecule has 3 N–H and O–H groups in total. The van der Waals surface area contributed by atoms with E-state index in [1.807, 2.05) is 0 Å². The highest BCUT2D eigenvalue weighted by molar-refractivity contribution is 7.91. The molecule has 0 aliphatic heterocycles. The second kappa shape index (κ2) is 6.25. The zero-order valence-electron chi connectivity index (χ0n) is 9.49. The van der Waals surface area contributed by atoms with Gasteiger partial charge in [0.05, 0.1) is 24.8 Å². The van der Waals surface area contributed by atoms with Gasteiger partial charge in [-0.05, 0) is 6.07 Å². The van der Waals surface area contributed by atoms with Crippen LogP contribution >= 0.6 is 11.3 Å². The van der Waals surface area contributed by atoms with E-state index in [9.17, 15) is 13.2 Å². The van der Waals surface area contributed by atoms with Gasteiger partial charge in [0.1, 0.15) is 4.21 Å². The second-order valence-corrected chi connectivity index (χ2v) is 6.27. The van der Waals surface area contributed by atoms with E-state index >= 15 is 0 Å².